The maximum absolute atomic E-state index is 15.6. The number of likely N-dealkylation sites (N-methyl/N-ethyl adjacent to an activating group) is 2. The molecule has 0 saturated heterocycles. The second kappa shape index (κ2) is 20.3. The summed E-state index contributed by atoms with van der Waals surface area (Å²) >= 11 is 0. The van der Waals surface area contributed by atoms with Crippen LogP contribution in [0.1, 0.15) is 48.8 Å². The molecule has 12 nitrogen and oxygen atoms in total. The number of carbonyl (C=O) groups excluding carboxylic acids is 2. The van der Waals surface area contributed by atoms with Crippen molar-refractivity contribution in [3.63, 3.8) is 0 Å². The number of amides is 2. The highest BCUT2D eigenvalue weighted by molar-refractivity contribution is 6.24. The molecule has 2 aromatic carbocycles. The lowest BCUT2D eigenvalue weighted by Crippen LogP contribution is -2.62. The third-order valence-corrected chi connectivity index (χ3v) is 10.5. The maximum Gasteiger partial charge on any atom is 0.433 e. The van der Waals surface area contributed by atoms with E-state index in [1.54, 1.807) is 7.11 Å². The number of ether oxygens (including phenoxy) is 4. The van der Waals surface area contributed by atoms with Gasteiger partial charge in [0.05, 0.1) is 50.7 Å². The average molecular weight is 874 g/mol. The van der Waals surface area contributed by atoms with E-state index in [0.29, 0.717) is 57.4 Å². The first-order valence-corrected chi connectivity index (χ1v) is 19.4. The minimum atomic E-state index is -4.97. The number of hydrazine groups is 1. The first kappa shape index (κ1) is 47.2. The van der Waals surface area contributed by atoms with Crippen molar-refractivity contribution in [3.05, 3.63) is 87.8 Å². The van der Waals surface area contributed by atoms with Crippen molar-refractivity contribution in [2.45, 2.75) is 56.5 Å². The van der Waals surface area contributed by atoms with Gasteiger partial charge >= 0.3 is 12.4 Å². The molecule has 2 N–H and O–H groups in total. The number of carbonyl (C=O) groups is 2. The Labute approximate surface area is 347 Å². The van der Waals surface area contributed by atoms with Crippen LogP contribution in [-0.2, 0) is 36.5 Å². The zero-order valence-corrected chi connectivity index (χ0v) is 33.7. The third-order valence-electron chi connectivity index (χ3n) is 10.5. The topological polar surface area (TPSA) is 125 Å². The van der Waals surface area contributed by atoms with Gasteiger partial charge in [0, 0.05) is 56.7 Å². The van der Waals surface area contributed by atoms with E-state index in [1.165, 1.54) is 24.2 Å². The van der Waals surface area contributed by atoms with Crippen LogP contribution in [0.2, 0.25) is 0 Å². The number of aliphatic hydroxyl groups is 1. The van der Waals surface area contributed by atoms with Crippen LogP contribution in [0.25, 0.3) is 5.57 Å². The summed E-state index contributed by atoms with van der Waals surface area (Å²) in [4.78, 5) is 33.6. The number of aliphatic imine (C=N–C) groups is 1. The van der Waals surface area contributed by atoms with Crippen molar-refractivity contribution in [3.8, 4) is 5.75 Å². The molecule has 0 aromatic heterocycles. The standard InChI is InChI=1S/C41H47F8N5O7/c1-52(15-17-58-3)16-18-59-19-20-60-21-22-61-31-11-8-27(34(42)35(31)43)25-54-38(57)33(36(55)39(53(54)2)12-4-5-13-39)37(56)51-30-10-9-28(40(44,45)46)24-29(30)26-7-6-14-50-32(23-26)41(47,48)49/h7-11,14,23-24,55H,4-6,12-13,15-22,25H2,1-3H3,(H,51,56). The normalized spacial score (nSPS) is 17.3. The third kappa shape index (κ3) is 11.3. The van der Waals surface area contributed by atoms with Gasteiger partial charge in [0.15, 0.2) is 11.6 Å². The van der Waals surface area contributed by atoms with Crippen molar-refractivity contribution in [1.82, 2.24) is 14.9 Å². The predicted molar refractivity (Wildman–Crippen MR) is 207 cm³/mol. The van der Waals surface area contributed by atoms with Crippen LogP contribution in [0.15, 0.2) is 64.5 Å². The Balaban J connectivity index is 1.32. The lowest BCUT2D eigenvalue weighted by Gasteiger charge is -2.48. The number of nitrogens with one attached hydrogen (secondary N) is 1. The van der Waals surface area contributed by atoms with E-state index >= 15 is 8.78 Å². The van der Waals surface area contributed by atoms with Crippen molar-refractivity contribution in [2.75, 3.05) is 79.3 Å². The lowest BCUT2D eigenvalue weighted by molar-refractivity contribution is -0.163. The smallest absolute Gasteiger partial charge is 0.433 e. The van der Waals surface area contributed by atoms with Gasteiger partial charge in [0.25, 0.3) is 11.8 Å². The summed E-state index contributed by atoms with van der Waals surface area (Å²) in [6.07, 6.45) is -5.93. The largest absolute Gasteiger partial charge is 0.509 e. The molecule has 1 saturated carbocycles. The fraction of sp³-hybridized carbons (Fsp3) is 0.488. The highest BCUT2D eigenvalue weighted by Crippen LogP contribution is 2.45. The van der Waals surface area contributed by atoms with E-state index in [-0.39, 0.29) is 50.2 Å². The van der Waals surface area contributed by atoms with Crippen molar-refractivity contribution in [1.29, 1.82) is 0 Å². The Morgan fingerprint density at radius 3 is 2.28 bits per heavy atom. The summed E-state index contributed by atoms with van der Waals surface area (Å²) < 4.78 is 135. The van der Waals surface area contributed by atoms with Gasteiger partial charge in [-0.05, 0) is 55.8 Å². The molecule has 61 heavy (non-hydrogen) atoms. The number of methoxy groups -OCH3 is 1. The van der Waals surface area contributed by atoms with Gasteiger partial charge in [-0.15, -0.1) is 0 Å². The van der Waals surface area contributed by atoms with Crippen LogP contribution in [0.3, 0.4) is 0 Å². The number of halogens is 8. The Morgan fingerprint density at radius 2 is 1.61 bits per heavy atom. The number of hydrogen-bond acceptors (Lipinski definition) is 10. The predicted octanol–water partition coefficient (Wildman–Crippen LogP) is 7.23. The summed E-state index contributed by atoms with van der Waals surface area (Å²) in [5.41, 5.74) is -6.41. The zero-order chi connectivity index (χ0) is 44.5. The molecule has 0 bridgehead atoms. The number of allylic oxidation sites excluding steroid dienone is 4. The molecule has 0 radical (unpaired) electrons. The zero-order valence-electron chi connectivity index (χ0n) is 33.7. The Bertz CT molecular complexity index is 2030. The van der Waals surface area contributed by atoms with E-state index in [4.69, 9.17) is 18.9 Å². The number of rotatable bonds is 18. The monoisotopic (exact) mass is 873 g/mol. The maximum atomic E-state index is 15.6. The van der Waals surface area contributed by atoms with Crippen LogP contribution in [-0.4, -0.2) is 124 Å². The van der Waals surface area contributed by atoms with E-state index in [1.807, 2.05) is 11.9 Å². The Kier molecular flexibility index (Phi) is 15.7. The number of anilines is 1. The van der Waals surface area contributed by atoms with Crippen LogP contribution < -0.4 is 10.1 Å². The van der Waals surface area contributed by atoms with Crippen molar-refractivity contribution < 1.29 is 68.8 Å². The number of benzene rings is 2. The molecule has 2 heterocycles. The summed E-state index contributed by atoms with van der Waals surface area (Å²) in [6, 6.07) is 4.31. The first-order chi connectivity index (χ1) is 28.9. The molecule has 5 rings (SSSR count). The number of hydrogen-bond donors (Lipinski definition) is 2. The van der Waals surface area contributed by atoms with E-state index < -0.39 is 87.5 Å². The van der Waals surface area contributed by atoms with Crippen molar-refractivity contribution >= 4 is 29.3 Å². The highest BCUT2D eigenvalue weighted by atomic mass is 19.4. The first-order valence-electron chi connectivity index (χ1n) is 19.4. The average Bonchev–Trinajstić information content (AvgIpc) is 3.57. The lowest BCUT2D eigenvalue weighted by atomic mass is 9.88. The molecular formula is C41H47F8N5O7. The highest BCUT2D eigenvalue weighted by Gasteiger charge is 2.53. The summed E-state index contributed by atoms with van der Waals surface area (Å²) in [7, 11) is 5.00. The molecule has 2 aromatic rings. The Morgan fingerprint density at radius 1 is 0.934 bits per heavy atom. The van der Waals surface area contributed by atoms with Gasteiger partial charge in [0.1, 0.15) is 23.6 Å². The van der Waals surface area contributed by atoms with Crippen LogP contribution in [0, 0.1) is 11.6 Å². The van der Waals surface area contributed by atoms with E-state index in [2.05, 4.69) is 10.3 Å². The second-order valence-corrected chi connectivity index (χ2v) is 14.5. The van der Waals surface area contributed by atoms with Gasteiger partial charge in [-0.1, -0.05) is 25.0 Å². The van der Waals surface area contributed by atoms with Crippen LogP contribution >= 0.6 is 0 Å². The summed E-state index contributed by atoms with van der Waals surface area (Å²) in [5, 5.41) is 16.2. The second-order valence-electron chi connectivity index (χ2n) is 14.5. The van der Waals surface area contributed by atoms with Gasteiger partial charge in [-0.3, -0.25) is 19.6 Å². The molecule has 0 atom stereocenters. The SMILES string of the molecule is COCCN(C)CCOCCOCCOc1ccc(CN2C(=O)C(C(=O)Nc3ccc(C(F)(F)F)cc3C3=CCC=NC(C(F)(F)F)=C3)=C(O)C3(CCCC3)N2C)c(F)c1F. The van der Waals surface area contributed by atoms with Gasteiger partial charge in [-0.25, -0.2) is 9.40 Å². The fourth-order valence-corrected chi connectivity index (χ4v) is 7.14. The van der Waals surface area contributed by atoms with E-state index in [9.17, 15) is 41.0 Å². The minimum absolute atomic E-state index is 0.0427. The van der Waals surface area contributed by atoms with Gasteiger partial charge in [0.2, 0.25) is 5.82 Å². The Hall–Kier alpha value is -4.89. The number of nitrogens with zero attached hydrogens (tertiary/aromatic N) is 4. The summed E-state index contributed by atoms with van der Waals surface area (Å²) in [6.45, 7) is 2.39. The number of alkyl halides is 6. The molecule has 3 aliphatic rings. The van der Waals surface area contributed by atoms with Crippen LogP contribution in [0.4, 0.5) is 40.8 Å². The van der Waals surface area contributed by atoms with Crippen LogP contribution in [0.5, 0.6) is 5.75 Å². The minimum Gasteiger partial charge on any atom is -0.509 e. The molecular weight excluding hydrogens is 826 g/mol. The fourth-order valence-electron chi connectivity index (χ4n) is 7.14. The molecule has 2 amide bonds. The van der Waals surface area contributed by atoms with Crippen molar-refractivity contribution in [2.24, 2.45) is 4.99 Å². The molecule has 0 unspecified atom stereocenters. The molecule has 1 spiro atoms. The molecule has 1 fully saturated rings. The van der Waals surface area contributed by atoms with Gasteiger partial charge in [-0.2, -0.15) is 30.7 Å². The quantitative estimate of drug-likeness (QED) is 0.0908. The molecule has 334 valence electrons. The molecule has 1 aliphatic carbocycles. The number of aliphatic hydroxyl groups excluding tert-OH is 1. The molecule has 20 heteroatoms. The van der Waals surface area contributed by atoms with E-state index in [0.717, 1.165) is 29.9 Å². The summed E-state index contributed by atoms with van der Waals surface area (Å²) in [5.74, 6) is -6.25. The molecule has 2 aliphatic heterocycles. The van der Waals surface area contributed by atoms with Gasteiger partial charge < -0.3 is 34.3 Å².